The highest BCUT2D eigenvalue weighted by molar-refractivity contribution is 6.03. The number of nitrogens with two attached hydrogens (primary N) is 1. The summed E-state index contributed by atoms with van der Waals surface area (Å²) < 4.78 is 0. The Morgan fingerprint density at radius 2 is 1.76 bits per heavy atom. The van der Waals surface area contributed by atoms with Gasteiger partial charge in [0.15, 0.2) is 5.82 Å². The van der Waals surface area contributed by atoms with Crippen molar-refractivity contribution < 1.29 is 4.79 Å². The van der Waals surface area contributed by atoms with E-state index in [9.17, 15) is 4.79 Å². The average molecular weight is 279 g/mol. The van der Waals surface area contributed by atoms with Crippen molar-refractivity contribution in [2.45, 2.75) is 0 Å². The van der Waals surface area contributed by atoms with Gasteiger partial charge in [-0.05, 0) is 24.3 Å². The van der Waals surface area contributed by atoms with Crippen LogP contribution in [0.15, 0.2) is 54.6 Å². The van der Waals surface area contributed by atoms with E-state index in [1.54, 1.807) is 24.3 Å². The summed E-state index contributed by atoms with van der Waals surface area (Å²) in [7, 11) is 0. The molecule has 3 rings (SSSR count). The third-order valence-electron chi connectivity index (χ3n) is 2.93. The Labute approximate surface area is 121 Å². The predicted octanol–water partition coefficient (Wildman–Crippen LogP) is 2.31. The molecule has 0 saturated carbocycles. The van der Waals surface area contributed by atoms with Gasteiger partial charge in [-0.3, -0.25) is 15.2 Å². The molecule has 6 heteroatoms. The van der Waals surface area contributed by atoms with Crippen LogP contribution in [-0.2, 0) is 0 Å². The Kier molecular flexibility index (Phi) is 3.34. The molecule has 0 aliphatic carbocycles. The van der Waals surface area contributed by atoms with Crippen molar-refractivity contribution in [1.29, 1.82) is 0 Å². The first-order chi connectivity index (χ1) is 10.2. The minimum absolute atomic E-state index is 0.232. The number of carbonyl (C=O) groups excluding carboxylic acids is 1. The Morgan fingerprint density at radius 3 is 2.48 bits per heavy atom. The lowest BCUT2D eigenvalue weighted by Crippen LogP contribution is -2.12. The molecule has 0 bridgehead atoms. The fourth-order valence-corrected chi connectivity index (χ4v) is 1.85. The smallest absolute Gasteiger partial charge is 0.258 e. The number of nitrogen functional groups attached to an aromatic ring is 1. The summed E-state index contributed by atoms with van der Waals surface area (Å²) in [6.07, 6.45) is 0. The van der Waals surface area contributed by atoms with Crippen molar-refractivity contribution >= 4 is 17.5 Å². The van der Waals surface area contributed by atoms with Crippen LogP contribution in [0, 0.1) is 0 Å². The van der Waals surface area contributed by atoms with E-state index in [2.05, 4.69) is 20.5 Å². The number of nitrogens with zero attached hydrogens (tertiary/aromatic N) is 2. The predicted molar refractivity (Wildman–Crippen MR) is 80.6 cm³/mol. The number of carbonyl (C=O) groups is 1. The number of anilines is 2. The molecule has 0 aliphatic heterocycles. The molecule has 1 amide bonds. The molecule has 0 spiro atoms. The first-order valence-corrected chi connectivity index (χ1v) is 6.37. The van der Waals surface area contributed by atoms with Crippen LogP contribution in [0.25, 0.3) is 11.4 Å². The minimum atomic E-state index is -0.284. The second kappa shape index (κ2) is 5.46. The van der Waals surface area contributed by atoms with Gasteiger partial charge in [0.1, 0.15) is 0 Å². The van der Waals surface area contributed by atoms with Crippen molar-refractivity contribution in [3.05, 3.63) is 60.2 Å². The molecule has 0 radical (unpaired) electrons. The number of rotatable bonds is 3. The van der Waals surface area contributed by atoms with E-state index in [1.807, 2.05) is 30.3 Å². The zero-order valence-corrected chi connectivity index (χ0v) is 11.1. The van der Waals surface area contributed by atoms with E-state index < -0.39 is 0 Å². The fourth-order valence-electron chi connectivity index (χ4n) is 1.85. The summed E-state index contributed by atoms with van der Waals surface area (Å²) in [6, 6.07) is 16.2. The molecule has 0 saturated heterocycles. The molecular weight excluding hydrogens is 266 g/mol. The van der Waals surface area contributed by atoms with Gasteiger partial charge >= 0.3 is 0 Å². The van der Waals surface area contributed by atoms with Gasteiger partial charge in [0, 0.05) is 16.8 Å². The summed E-state index contributed by atoms with van der Waals surface area (Å²) in [4.78, 5) is 16.3. The van der Waals surface area contributed by atoms with E-state index >= 15 is 0 Å². The fraction of sp³-hybridized carbons (Fsp3) is 0. The van der Waals surface area contributed by atoms with Gasteiger partial charge in [-0.1, -0.05) is 30.3 Å². The van der Waals surface area contributed by atoms with Crippen molar-refractivity contribution in [3.8, 4) is 11.4 Å². The molecule has 21 heavy (non-hydrogen) atoms. The minimum Gasteiger partial charge on any atom is -0.399 e. The molecule has 6 nitrogen and oxygen atoms in total. The monoisotopic (exact) mass is 279 g/mol. The van der Waals surface area contributed by atoms with Gasteiger partial charge in [0.25, 0.3) is 5.91 Å². The highest BCUT2D eigenvalue weighted by Crippen LogP contribution is 2.15. The van der Waals surface area contributed by atoms with Gasteiger partial charge in [-0.25, -0.2) is 0 Å². The van der Waals surface area contributed by atoms with Crippen LogP contribution in [0.4, 0.5) is 11.6 Å². The maximum absolute atomic E-state index is 12.0. The number of hydrogen-bond donors (Lipinski definition) is 3. The lowest BCUT2D eigenvalue weighted by atomic mass is 10.2. The third-order valence-corrected chi connectivity index (χ3v) is 2.93. The summed E-state index contributed by atoms with van der Waals surface area (Å²) in [5, 5.41) is 9.41. The van der Waals surface area contributed by atoms with Crippen LogP contribution >= 0.6 is 0 Å². The van der Waals surface area contributed by atoms with E-state index in [0.717, 1.165) is 5.56 Å². The Hall–Kier alpha value is -3.15. The van der Waals surface area contributed by atoms with Gasteiger partial charge in [-0.15, -0.1) is 5.10 Å². The number of nitrogens with one attached hydrogen (secondary N) is 2. The first-order valence-electron chi connectivity index (χ1n) is 6.37. The van der Waals surface area contributed by atoms with Gasteiger partial charge in [0.2, 0.25) is 5.95 Å². The van der Waals surface area contributed by atoms with Crippen molar-refractivity contribution in [2.24, 2.45) is 0 Å². The van der Waals surface area contributed by atoms with Crippen LogP contribution in [0.5, 0.6) is 0 Å². The zero-order chi connectivity index (χ0) is 14.7. The van der Waals surface area contributed by atoms with E-state index in [0.29, 0.717) is 17.1 Å². The maximum atomic E-state index is 12.0. The van der Waals surface area contributed by atoms with Gasteiger partial charge < -0.3 is 5.73 Å². The molecule has 1 heterocycles. The van der Waals surface area contributed by atoms with Crippen molar-refractivity contribution in [1.82, 2.24) is 15.2 Å². The lowest BCUT2D eigenvalue weighted by Gasteiger charge is -2.01. The quantitative estimate of drug-likeness (QED) is 0.641. The molecular formula is C15H13N5O. The lowest BCUT2D eigenvalue weighted by molar-refractivity contribution is 0.102. The number of aromatic nitrogens is 3. The molecule has 104 valence electrons. The van der Waals surface area contributed by atoms with Crippen LogP contribution in [0.2, 0.25) is 0 Å². The topological polar surface area (TPSA) is 96.7 Å². The number of benzene rings is 2. The number of aromatic amines is 1. The summed E-state index contributed by atoms with van der Waals surface area (Å²) in [6.45, 7) is 0. The van der Waals surface area contributed by atoms with E-state index in [-0.39, 0.29) is 11.9 Å². The molecule has 2 aromatic carbocycles. The van der Waals surface area contributed by atoms with Crippen molar-refractivity contribution in [3.63, 3.8) is 0 Å². The summed E-state index contributed by atoms with van der Waals surface area (Å²) in [5.74, 6) is 0.549. The first kappa shape index (κ1) is 12.9. The summed E-state index contributed by atoms with van der Waals surface area (Å²) >= 11 is 0. The standard InChI is InChI=1S/C15H13N5O/c16-12-8-6-11(7-9-12)14(21)18-15-17-13(19-20-15)10-4-2-1-3-5-10/h1-9H,16H2,(H2,17,18,19,20,21). The normalized spacial score (nSPS) is 10.3. The average Bonchev–Trinajstić information content (AvgIpc) is 2.97. The molecule has 3 aromatic rings. The second-order valence-corrected chi connectivity index (χ2v) is 4.45. The highest BCUT2D eigenvalue weighted by Gasteiger charge is 2.10. The largest absolute Gasteiger partial charge is 0.399 e. The number of H-pyrrole nitrogens is 1. The third kappa shape index (κ3) is 2.89. The highest BCUT2D eigenvalue weighted by atomic mass is 16.1. The second-order valence-electron chi connectivity index (χ2n) is 4.45. The van der Waals surface area contributed by atoms with Gasteiger partial charge in [0.05, 0.1) is 0 Å². The molecule has 0 fully saturated rings. The number of hydrogen-bond acceptors (Lipinski definition) is 4. The van der Waals surface area contributed by atoms with Crippen LogP contribution in [0.3, 0.4) is 0 Å². The van der Waals surface area contributed by atoms with Crippen LogP contribution in [0.1, 0.15) is 10.4 Å². The Morgan fingerprint density at radius 1 is 1.05 bits per heavy atom. The Bertz CT molecular complexity index is 749. The summed E-state index contributed by atoms with van der Waals surface area (Å²) in [5.41, 5.74) is 7.59. The zero-order valence-electron chi connectivity index (χ0n) is 11.1. The molecule has 4 N–H and O–H groups in total. The van der Waals surface area contributed by atoms with E-state index in [1.165, 1.54) is 0 Å². The molecule has 0 aliphatic rings. The Balaban J connectivity index is 1.75. The van der Waals surface area contributed by atoms with E-state index in [4.69, 9.17) is 5.73 Å². The molecule has 0 unspecified atom stereocenters. The molecule has 1 aromatic heterocycles. The molecule has 0 atom stereocenters. The number of amides is 1. The maximum Gasteiger partial charge on any atom is 0.258 e. The van der Waals surface area contributed by atoms with Crippen LogP contribution in [-0.4, -0.2) is 21.1 Å². The van der Waals surface area contributed by atoms with Crippen LogP contribution < -0.4 is 11.1 Å². The van der Waals surface area contributed by atoms with Crippen molar-refractivity contribution in [2.75, 3.05) is 11.1 Å². The SMILES string of the molecule is Nc1ccc(C(=O)Nc2n[nH]c(-c3ccccc3)n2)cc1. The van der Waals surface area contributed by atoms with Gasteiger partial charge in [-0.2, -0.15) is 4.98 Å².